The summed E-state index contributed by atoms with van der Waals surface area (Å²) in [5.74, 6) is -0.233. The molecule has 1 saturated heterocycles. The Labute approximate surface area is 139 Å². The van der Waals surface area contributed by atoms with Gasteiger partial charge in [-0.05, 0) is 6.08 Å². The van der Waals surface area contributed by atoms with Gasteiger partial charge in [-0.15, -0.1) is 0 Å². The third-order valence-electron chi connectivity index (χ3n) is 4.48. The number of aromatic nitrogens is 2. The third kappa shape index (κ3) is 1.89. The largest absolute Gasteiger partial charge is 0.610 e. The number of ether oxygens (including phenoxy) is 1. The highest BCUT2D eigenvalue weighted by molar-refractivity contribution is 7.95. The molecular weight excluding hydrogens is 334 g/mol. The standard InChI is InChI=1S/C15H13N3O5S/c19-15(20)11-7-24(21)14-8(5-17(11)14)3-9-4-13-18(16-9)10-1-2-22-6-12(10)23-13/h3-4,7,14H,1-2,5-6H2,(H,19,20)/t14-,24?/m1/s1. The number of fused-ring (bicyclic) bond motifs is 4. The molecule has 0 bridgehead atoms. The molecular formula is C15H13N3O5S. The first-order valence-electron chi connectivity index (χ1n) is 7.51. The molecule has 1 N–H and O–H groups in total. The second-order valence-electron chi connectivity index (χ2n) is 5.93. The van der Waals surface area contributed by atoms with Crippen LogP contribution in [0.3, 0.4) is 0 Å². The van der Waals surface area contributed by atoms with Crippen LogP contribution in [-0.4, -0.2) is 48.7 Å². The van der Waals surface area contributed by atoms with Crippen molar-refractivity contribution in [2.75, 3.05) is 13.2 Å². The van der Waals surface area contributed by atoms with E-state index in [0.29, 0.717) is 25.5 Å². The maximum absolute atomic E-state index is 12.1. The summed E-state index contributed by atoms with van der Waals surface area (Å²) in [5.41, 5.74) is 3.43. The molecule has 0 amide bonds. The van der Waals surface area contributed by atoms with Crippen molar-refractivity contribution in [1.29, 1.82) is 0 Å². The summed E-state index contributed by atoms with van der Waals surface area (Å²) in [7, 11) is 0. The molecule has 3 aliphatic rings. The van der Waals surface area contributed by atoms with Crippen molar-refractivity contribution in [1.82, 2.24) is 14.5 Å². The summed E-state index contributed by atoms with van der Waals surface area (Å²) in [5, 5.41) is 14.6. The molecule has 2 aromatic rings. The highest BCUT2D eigenvalue weighted by Crippen LogP contribution is 2.40. The van der Waals surface area contributed by atoms with Crippen LogP contribution < -0.4 is 0 Å². The summed E-state index contributed by atoms with van der Waals surface area (Å²) >= 11 is -1.34. The van der Waals surface area contributed by atoms with Gasteiger partial charge in [-0.2, -0.15) is 5.10 Å². The third-order valence-corrected chi connectivity index (χ3v) is 5.93. The first-order chi connectivity index (χ1) is 11.6. The Morgan fingerprint density at radius 2 is 2.42 bits per heavy atom. The molecule has 124 valence electrons. The van der Waals surface area contributed by atoms with Crippen molar-refractivity contribution >= 4 is 28.9 Å². The van der Waals surface area contributed by atoms with E-state index in [1.807, 2.05) is 12.1 Å². The van der Waals surface area contributed by atoms with Gasteiger partial charge < -0.3 is 23.7 Å². The Kier molecular flexibility index (Phi) is 2.88. The fourth-order valence-electron chi connectivity index (χ4n) is 3.37. The van der Waals surface area contributed by atoms with Crippen LogP contribution in [0.4, 0.5) is 0 Å². The molecule has 24 heavy (non-hydrogen) atoms. The van der Waals surface area contributed by atoms with Crippen LogP contribution in [0, 0.1) is 0 Å². The lowest BCUT2D eigenvalue weighted by Gasteiger charge is -2.37. The number of carboxylic acid groups (broad SMARTS) is 1. The Morgan fingerprint density at radius 3 is 3.25 bits per heavy atom. The maximum atomic E-state index is 12.1. The molecule has 0 aliphatic carbocycles. The van der Waals surface area contributed by atoms with Crippen LogP contribution in [0.2, 0.25) is 0 Å². The average Bonchev–Trinajstić information content (AvgIpc) is 3.13. The van der Waals surface area contributed by atoms with E-state index >= 15 is 0 Å². The summed E-state index contributed by atoms with van der Waals surface area (Å²) in [4.78, 5) is 12.8. The summed E-state index contributed by atoms with van der Waals surface area (Å²) in [6, 6.07) is 1.83. The van der Waals surface area contributed by atoms with Crippen LogP contribution >= 0.6 is 0 Å². The molecule has 8 nitrogen and oxygen atoms in total. The van der Waals surface area contributed by atoms with Crippen molar-refractivity contribution in [2.45, 2.75) is 18.4 Å². The predicted octanol–water partition coefficient (Wildman–Crippen LogP) is 0.713. The van der Waals surface area contributed by atoms with E-state index in [1.165, 1.54) is 5.41 Å². The number of rotatable bonds is 2. The predicted molar refractivity (Wildman–Crippen MR) is 83.2 cm³/mol. The van der Waals surface area contributed by atoms with E-state index in [9.17, 15) is 9.35 Å². The van der Waals surface area contributed by atoms with Crippen molar-refractivity contribution in [3.63, 3.8) is 0 Å². The minimum atomic E-state index is -1.34. The normalized spacial score (nSPS) is 27.1. The quantitative estimate of drug-likeness (QED) is 0.798. The number of oxazole rings is 1. The van der Waals surface area contributed by atoms with E-state index in [1.54, 1.807) is 9.42 Å². The zero-order chi connectivity index (χ0) is 16.4. The molecule has 5 heterocycles. The van der Waals surface area contributed by atoms with Crippen LogP contribution in [0.1, 0.15) is 17.1 Å². The Morgan fingerprint density at radius 1 is 1.54 bits per heavy atom. The van der Waals surface area contributed by atoms with E-state index < -0.39 is 17.1 Å². The second-order valence-corrected chi connectivity index (χ2v) is 7.27. The minimum absolute atomic E-state index is 0.114. The molecule has 0 radical (unpaired) electrons. The van der Waals surface area contributed by atoms with Crippen molar-refractivity contribution in [3.05, 3.63) is 39.9 Å². The van der Waals surface area contributed by atoms with Crippen molar-refractivity contribution < 1.29 is 23.6 Å². The molecule has 9 heteroatoms. The van der Waals surface area contributed by atoms with E-state index in [-0.39, 0.29) is 11.1 Å². The SMILES string of the molecule is O=C(O)C1=C[S+]([O-])[C@@H]2C(=Cc3cc4oc5c(n4n3)CCOC5)CN12. The maximum Gasteiger partial charge on any atom is 0.356 e. The minimum Gasteiger partial charge on any atom is -0.610 e. The number of aliphatic carboxylic acids is 1. The zero-order valence-corrected chi connectivity index (χ0v) is 13.3. The van der Waals surface area contributed by atoms with Gasteiger partial charge in [-0.1, -0.05) is 0 Å². The summed E-state index contributed by atoms with van der Waals surface area (Å²) in [6.45, 7) is 1.58. The molecule has 2 aromatic heterocycles. The molecule has 1 fully saturated rings. The van der Waals surface area contributed by atoms with E-state index in [4.69, 9.17) is 14.3 Å². The number of hydrogen-bond acceptors (Lipinski definition) is 6. The fourth-order valence-corrected chi connectivity index (χ4v) is 4.83. The summed E-state index contributed by atoms with van der Waals surface area (Å²) < 4.78 is 25.0. The van der Waals surface area contributed by atoms with Crippen LogP contribution in [0.5, 0.6) is 0 Å². The van der Waals surface area contributed by atoms with Gasteiger partial charge in [0.15, 0.2) is 16.9 Å². The monoisotopic (exact) mass is 347 g/mol. The van der Waals surface area contributed by atoms with Crippen LogP contribution in [0.25, 0.3) is 11.8 Å². The Bertz CT molecular complexity index is 927. The topological polar surface area (TPSA) is 103 Å². The zero-order valence-electron chi connectivity index (χ0n) is 12.5. The number of carbonyl (C=O) groups is 1. The lowest BCUT2D eigenvalue weighted by molar-refractivity contribution is -0.134. The smallest absolute Gasteiger partial charge is 0.356 e. The number of hydrogen-bond donors (Lipinski definition) is 1. The first-order valence-corrected chi connectivity index (χ1v) is 8.79. The molecule has 1 unspecified atom stereocenters. The van der Waals surface area contributed by atoms with E-state index in [0.717, 1.165) is 29.1 Å². The van der Waals surface area contributed by atoms with Gasteiger partial charge in [0, 0.05) is 29.2 Å². The van der Waals surface area contributed by atoms with Crippen LogP contribution in [-0.2, 0) is 33.7 Å². The molecule has 0 aromatic carbocycles. The number of nitrogens with zero attached hydrogens (tertiary/aromatic N) is 3. The molecule has 0 saturated carbocycles. The second kappa shape index (κ2) is 4.88. The van der Waals surface area contributed by atoms with Gasteiger partial charge in [0.05, 0.1) is 24.5 Å². The van der Waals surface area contributed by atoms with E-state index in [2.05, 4.69) is 5.10 Å². The van der Waals surface area contributed by atoms with Gasteiger partial charge in [0.1, 0.15) is 6.61 Å². The van der Waals surface area contributed by atoms with Gasteiger partial charge in [-0.25, -0.2) is 9.31 Å². The lowest BCUT2D eigenvalue weighted by atomic mass is 10.1. The van der Waals surface area contributed by atoms with Crippen LogP contribution in [0.15, 0.2) is 27.2 Å². The number of carboxylic acids is 1. The highest BCUT2D eigenvalue weighted by Gasteiger charge is 2.50. The Hall–Kier alpha value is -2.23. The van der Waals surface area contributed by atoms with Gasteiger partial charge in [0.25, 0.3) is 0 Å². The van der Waals surface area contributed by atoms with Gasteiger partial charge in [0.2, 0.25) is 11.1 Å². The van der Waals surface area contributed by atoms with Gasteiger partial charge >= 0.3 is 5.97 Å². The van der Waals surface area contributed by atoms with Crippen molar-refractivity contribution in [3.8, 4) is 0 Å². The molecule has 2 atom stereocenters. The molecule has 3 aliphatic heterocycles. The average molecular weight is 347 g/mol. The Balaban J connectivity index is 1.45. The lowest BCUT2D eigenvalue weighted by Crippen LogP contribution is -2.50. The molecule has 0 spiro atoms. The molecule has 5 rings (SSSR count). The first kappa shape index (κ1) is 14.1. The van der Waals surface area contributed by atoms with Gasteiger partial charge in [-0.3, -0.25) is 0 Å². The summed E-state index contributed by atoms with van der Waals surface area (Å²) in [6.07, 6.45) is 2.62. The highest BCUT2D eigenvalue weighted by atomic mass is 32.2. The van der Waals surface area contributed by atoms with Crippen molar-refractivity contribution in [2.24, 2.45) is 0 Å². The fraction of sp³-hybridized carbons (Fsp3) is 0.333.